The highest BCUT2D eigenvalue weighted by atomic mass is 15.1. The molecule has 0 radical (unpaired) electrons. The molecule has 32 heavy (non-hydrogen) atoms. The number of nitrogens with zero attached hydrogens (tertiary/aromatic N) is 4. The number of hydrogen-bond acceptors (Lipinski definition) is 4. The zero-order valence-corrected chi connectivity index (χ0v) is 20.2. The van der Waals surface area contributed by atoms with Crippen molar-refractivity contribution in [1.29, 1.82) is 0 Å². The summed E-state index contributed by atoms with van der Waals surface area (Å²) in [6.45, 7) is 9.35. The molecule has 0 aliphatic rings. The quantitative estimate of drug-likeness (QED) is 0.223. The lowest BCUT2D eigenvalue weighted by molar-refractivity contribution is 0.313. The molecule has 2 heterocycles. The van der Waals surface area contributed by atoms with Crippen molar-refractivity contribution in [1.82, 2.24) is 19.4 Å². The Bertz CT molecular complexity index is 991. The van der Waals surface area contributed by atoms with Gasteiger partial charge in [-0.3, -0.25) is 0 Å². The first kappa shape index (κ1) is 24.2. The third-order valence-electron chi connectivity index (χ3n) is 6.31. The van der Waals surface area contributed by atoms with Crippen LogP contribution in [0.15, 0.2) is 36.9 Å². The van der Waals surface area contributed by atoms with Crippen LogP contribution in [-0.2, 0) is 13.0 Å². The summed E-state index contributed by atoms with van der Waals surface area (Å²) >= 11 is 0. The van der Waals surface area contributed by atoms with Crippen molar-refractivity contribution in [2.75, 3.05) is 25.9 Å². The van der Waals surface area contributed by atoms with E-state index in [0.717, 1.165) is 73.0 Å². The van der Waals surface area contributed by atoms with Gasteiger partial charge >= 0.3 is 0 Å². The molecule has 2 N–H and O–H groups in total. The maximum atomic E-state index is 6.31. The summed E-state index contributed by atoms with van der Waals surface area (Å²) in [7, 11) is 2.25. The van der Waals surface area contributed by atoms with Crippen LogP contribution in [0.4, 0.5) is 5.82 Å². The molecule has 0 atom stereocenters. The number of allylic oxidation sites excluding steroid dienone is 1. The summed E-state index contributed by atoms with van der Waals surface area (Å²) < 4.78 is 2.42. The van der Waals surface area contributed by atoms with Crippen LogP contribution in [0.2, 0.25) is 0 Å². The number of anilines is 1. The fourth-order valence-electron chi connectivity index (χ4n) is 4.46. The Kier molecular flexibility index (Phi) is 9.54. The third-order valence-corrected chi connectivity index (χ3v) is 6.31. The van der Waals surface area contributed by atoms with Crippen LogP contribution in [0.3, 0.4) is 0 Å². The molecule has 2 aromatic heterocycles. The second-order valence-corrected chi connectivity index (χ2v) is 9.00. The second-order valence-electron chi connectivity index (χ2n) is 9.00. The molecule has 0 saturated carbocycles. The minimum Gasteiger partial charge on any atom is -0.382 e. The Morgan fingerprint density at radius 1 is 1.00 bits per heavy atom. The Morgan fingerprint density at radius 2 is 1.75 bits per heavy atom. The summed E-state index contributed by atoms with van der Waals surface area (Å²) in [5.41, 5.74) is 9.29. The van der Waals surface area contributed by atoms with Crippen LogP contribution in [0.25, 0.3) is 21.9 Å². The first-order valence-corrected chi connectivity index (χ1v) is 12.5. The first-order chi connectivity index (χ1) is 15.7. The van der Waals surface area contributed by atoms with E-state index in [4.69, 9.17) is 10.7 Å². The molecule has 5 heteroatoms. The highest BCUT2D eigenvalue weighted by Crippen LogP contribution is 2.29. The van der Waals surface area contributed by atoms with E-state index in [-0.39, 0.29) is 0 Å². The van der Waals surface area contributed by atoms with Crippen LogP contribution < -0.4 is 5.73 Å². The fourth-order valence-corrected chi connectivity index (χ4v) is 4.46. The molecule has 0 amide bonds. The molecule has 0 aliphatic carbocycles. The molecule has 0 spiro atoms. The molecule has 1 aromatic carbocycles. The molecule has 3 aromatic rings. The number of nitrogen functional groups attached to an aromatic ring is 1. The van der Waals surface area contributed by atoms with E-state index in [1.165, 1.54) is 38.6 Å². The minimum absolute atomic E-state index is 0.544. The standard InChI is InChI=1S/C27H41N5/c1-4-6-8-9-10-13-19-31(3)20-14-15-21-32-24(18-7-5-2)30-25-26(32)22-16-11-12-17-23(22)29-27(25)28/h4,11-12,16-17H,1,5-10,13-15,18-21H2,2-3H3,(H2,28,29). The van der Waals surface area contributed by atoms with E-state index >= 15 is 0 Å². The van der Waals surface area contributed by atoms with Crippen molar-refractivity contribution in [3.8, 4) is 0 Å². The Labute approximate surface area is 193 Å². The van der Waals surface area contributed by atoms with E-state index < -0.39 is 0 Å². The largest absolute Gasteiger partial charge is 0.382 e. The van der Waals surface area contributed by atoms with Gasteiger partial charge in [0.25, 0.3) is 0 Å². The van der Waals surface area contributed by atoms with Gasteiger partial charge in [-0.15, -0.1) is 6.58 Å². The molecule has 0 aliphatic heterocycles. The number of aromatic nitrogens is 3. The molecular weight excluding hydrogens is 394 g/mol. The van der Waals surface area contributed by atoms with Crippen molar-refractivity contribution in [3.05, 3.63) is 42.7 Å². The summed E-state index contributed by atoms with van der Waals surface area (Å²) in [5.74, 6) is 1.70. The molecule has 0 fully saturated rings. The number of hydrogen-bond donors (Lipinski definition) is 1. The number of nitrogens with two attached hydrogens (primary N) is 1. The average Bonchev–Trinajstić information content (AvgIpc) is 3.17. The van der Waals surface area contributed by atoms with Crippen molar-refractivity contribution < 1.29 is 0 Å². The monoisotopic (exact) mass is 435 g/mol. The van der Waals surface area contributed by atoms with E-state index in [1.807, 2.05) is 18.2 Å². The molecule has 0 bridgehead atoms. The fraction of sp³-hybridized carbons (Fsp3) is 0.556. The number of imidazole rings is 1. The Balaban J connectivity index is 1.62. The number of pyridine rings is 1. The van der Waals surface area contributed by atoms with E-state index in [0.29, 0.717) is 5.82 Å². The lowest BCUT2D eigenvalue weighted by Crippen LogP contribution is -2.21. The van der Waals surface area contributed by atoms with Crippen LogP contribution in [-0.4, -0.2) is 39.6 Å². The predicted molar refractivity (Wildman–Crippen MR) is 138 cm³/mol. The van der Waals surface area contributed by atoms with Gasteiger partial charge in [-0.25, -0.2) is 9.97 Å². The van der Waals surface area contributed by atoms with Gasteiger partial charge in [0.15, 0.2) is 5.82 Å². The zero-order valence-electron chi connectivity index (χ0n) is 20.2. The van der Waals surface area contributed by atoms with Crippen LogP contribution in [0.1, 0.15) is 70.5 Å². The molecule has 0 saturated heterocycles. The third kappa shape index (κ3) is 6.32. The molecule has 174 valence electrons. The molecule has 5 nitrogen and oxygen atoms in total. The lowest BCUT2D eigenvalue weighted by atomic mass is 10.1. The van der Waals surface area contributed by atoms with E-state index in [1.54, 1.807) is 0 Å². The van der Waals surface area contributed by atoms with Gasteiger partial charge in [0.1, 0.15) is 11.3 Å². The van der Waals surface area contributed by atoms with E-state index in [9.17, 15) is 0 Å². The van der Waals surface area contributed by atoms with Gasteiger partial charge in [-0.05, 0) is 64.7 Å². The van der Waals surface area contributed by atoms with Crippen LogP contribution >= 0.6 is 0 Å². The Morgan fingerprint density at radius 3 is 2.53 bits per heavy atom. The molecule has 3 rings (SSSR count). The maximum absolute atomic E-state index is 6.31. The normalized spacial score (nSPS) is 11.7. The van der Waals surface area contributed by atoms with Gasteiger partial charge in [-0.2, -0.15) is 0 Å². The first-order valence-electron chi connectivity index (χ1n) is 12.5. The van der Waals surface area contributed by atoms with Gasteiger partial charge < -0.3 is 15.2 Å². The highest BCUT2D eigenvalue weighted by Gasteiger charge is 2.16. The molecular formula is C27H41N5. The van der Waals surface area contributed by atoms with Crippen LogP contribution in [0, 0.1) is 0 Å². The number of benzene rings is 1. The number of fused-ring (bicyclic) bond motifs is 3. The smallest absolute Gasteiger partial charge is 0.152 e. The number of para-hydroxylation sites is 1. The van der Waals surface area contributed by atoms with Crippen molar-refractivity contribution >= 4 is 27.8 Å². The Hall–Kier alpha value is -2.40. The van der Waals surface area contributed by atoms with Crippen LogP contribution in [0.5, 0.6) is 0 Å². The number of unbranched alkanes of at least 4 members (excludes halogenated alkanes) is 6. The topological polar surface area (TPSA) is 60.0 Å². The van der Waals surface area contributed by atoms with Crippen molar-refractivity contribution in [3.63, 3.8) is 0 Å². The summed E-state index contributed by atoms with van der Waals surface area (Å²) in [4.78, 5) is 12.0. The zero-order chi connectivity index (χ0) is 22.8. The number of rotatable bonds is 15. The van der Waals surface area contributed by atoms with Gasteiger partial charge in [0, 0.05) is 18.4 Å². The van der Waals surface area contributed by atoms with Gasteiger partial charge in [0.05, 0.1) is 11.0 Å². The lowest BCUT2D eigenvalue weighted by Gasteiger charge is -2.17. The van der Waals surface area contributed by atoms with Gasteiger partial charge in [0.2, 0.25) is 0 Å². The predicted octanol–water partition coefficient (Wildman–Crippen LogP) is 6.36. The summed E-state index contributed by atoms with van der Waals surface area (Å²) in [6.07, 6.45) is 14.0. The maximum Gasteiger partial charge on any atom is 0.152 e. The summed E-state index contributed by atoms with van der Waals surface area (Å²) in [6, 6.07) is 8.29. The average molecular weight is 436 g/mol. The van der Waals surface area contributed by atoms with E-state index in [2.05, 4.69) is 47.1 Å². The SMILES string of the molecule is C=CCCCCCCN(C)CCCCn1c(CCCC)nc2c(N)nc3ccccc3c21. The molecule has 0 unspecified atom stereocenters. The number of aryl methyl sites for hydroxylation is 2. The minimum atomic E-state index is 0.544. The van der Waals surface area contributed by atoms with Crippen molar-refractivity contribution in [2.45, 2.75) is 77.7 Å². The summed E-state index contributed by atoms with van der Waals surface area (Å²) in [5, 5.41) is 1.15. The highest BCUT2D eigenvalue weighted by molar-refractivity contribution is 6.06. The van der Waals surface area contributed by atoms with Crippen molar-refractivity contribution in [2.24, 2.45) is 0 Å². The van der Waals surface area contributed by atoms with Gasteiger partial charge in [-0.1, -0.05) is 50.5 Å². The second kappa shape index (κ2) is 12.6.